The molecule has 2 rings (SSSR count). The lowest BCUT2D eigenvalue weighted by Crippen LogP contribution is -1.84. The molecule has 0 spiro atoms. The van der Waals surface area contributed by atoms with Crippen LogP contribution in [0.15, 0.2) is 22.8 Å². The van der Waals surface area contributed by atoms with Gasteiger partial charge in [0.05, 0.1) is 15.9 Å². The Bertz CT molecular complexity index is 516. The Kier molecular flexibility index (Phi) is 2.56. The predicted molar refractivity (Wildman–Crippen MR) is 61.1 cm³/mol. The van der Waals surface area contributed by atoms with E-state index in [1.54, 1.807) is 18.2 Å². The molecule has 2 aromatic rings. The third-order valence-corrected chi connectivity index (χ3v) is 3.31. The molecule has 0 atom stereocenters. The molecular weight excluding hydrogens is 289 g/mol. The van der Waals surface area contributed by atoms with E-state index in [4.69, 9.17) is 23.2 Å². The van der Waals surface area contributed by atoms with Gasteiger partial charge >= 0.3 is 0 Å². The normalized spacial score (nSPS) is 10.8. The minimum atomic E-state index is -0.0471. The number of fused-ring (bicyclic) bond motifs is 1. The summed E-state index contributed by atoms with van der Waals surface area (Å²) >= 11 is 14.9. The summed E-state index contributed by atoms with van der Waals surface area (Å²) in [4.78, 5) is 4.14. The Hall–Kier alpha value is -0.510. The van der Waals surface area contributed by atoms with Crippen LogP contribution >= 0.6 is 39.1 Å². The second-order valence-electron chi connectivity index (χ2n) is 2.70. The average molecular weight is 293 g/mol. The van der Waals surface area contributed by atoms with Gasteiger partial charge in [0.1, 0.15) is 15.4 Å². The predicted octanol–water partition coefficient (Wildman–Crippen LogP) is 4.01. The topological polar surface area (TPSA) is 33.1 Å². The van der Waals surface area contributed by atoms with Crippen LogP contribution in [0.2, 0.25) is 10.0 Å². The molecule has 0 fully saturated rings. The molecule has 14 heavy (non-hydrogen) atoms. The van der Waals surface area contributed by atoms with Crippen molar-refractivity contribution >= 4 is 50.0 Å². The number of hydrogen-bond acceptors (Lipinski definition) is 2. The third kappa shape index (κ3) is 1.45. The van der Waals surface area contributed by atoms with Crippen LogP contribution < -0.4 is 0 Å². The number of rotatable bonds is 0. The molecular formula is C9H4BrCl2NO. The van der Waals surface area contributed by atoms with E-state index < -0.39 is 0 Å². The smallest absolute Gasteiger partial charge is 0.147 e. The van der Waals surface area contributed by atoms with Crippen LogP contribution in [0.1, 0.15) is 0 Å². The van der Waals surface area contributed by atoms with Crippen molar-refractivity contribution in [2.24, 2.45) is 0 Å². The number of nitrogens with zero attached hydrogens (tertiary/aromatic N) is 1. The summed E-state index contributed by atoms with van der Waals surface area (Å²) in [5.41, 5.74) is 0.603. The summed E-state index contributed by atoms with van der Waals surface area (Å²) in [6, 6.07) is 5.19. The Morgan fingerprint density at radius 1 is 1.29 bits per heavy atom. The Morgan fingerprint density at radius 2 is 2.00 bits per heavy atom. The summed E-state index contributed by atoms with van der Waals surface area (Å²) in [5, 5.41) is 10.8. The standard InChI is InChI=1S/C9H4BrCl2NO/c10-9-7(12)8(14)6-4(11)2-1-3-5(6)13-9/h1-3H,(H,13,14). The molecule has 1 heterocycles. The van der Waals surface area contributed by atoms with Crippen molar-refractivity contribution in [1.82, 2.24) is 4.98 Å². The minimum Gasteiger partial charge on any atom is -0.506 e. The molecule has 2 nitrogen and oxygen atoms in total. The van der Waals surface area contributed by atoms with Crippen molar-refractivity contribution < 1.29 is 5.11 Å². The lowest BCUT2D eigenvalue weighted by molar-refractivity contribution is 0.481. The Labute approximate surface area is 98.6 Å². The fourth-order valence-corrected chi connectivity index (χ4v) is 1.98. The van der Waals surface area contributed by atoms with Crippen molar-refractivity contribution in [2.45, 2.75) is 0 Å². The first kappa shape index (κ1) is 10.0. The molecule has 1 aromatic carbocycles. The van der Waals surface area contributed by atoms with Gasteiger partial charge < -0.3 is 5.11 Å². The second-order valence-corrected chi connectivity index (χ2v) is 4.24. The van der Waals surface area contributed by atoms with Crippen LogP contribution in [-0.2, 0) is 0 Å². The maximum Gasteiger partial charge on any atom is 0.147 e. The van der Waals surface area contributed by atoms with Gasteiger partial charge in [0, 0.05) is 0 Å². The average Bonchev–Trinajstić information content (AvgIpc) is 2.14. The summed E-state index contributed by atoms with van der Waals surface area (Å²) in [6.45, 7) is 0. The molecule has 0 aliphatic rings. The Balaban J connectivity index is 2.99. The molecule has 72 valence electrons. The van der Waals surface area contributed by atoms with Crippen LogP contribution in [0.3, 0.4) is 0 Å². The molecule has 0 bridgehead atoms. The zero-order valence-corrected chi connectivity index (χ0v) is 9.86. The van der Waals surface area contributed by atoms with E-state index in [1.807, 2.05) is 0 Å². The van der Waals surface area contributed by atoms with Gasteiger partial charge in [-0.3, -0.25) is 0 Å². The minimum absolute atomic E-state index is 0.0471. The van der Waals surface area contributed by atoms with E-state index in [-0.39, 0.29) is 10.8 Å². The van der Waals surface area contributed by atoms with Crippen LogP contribution in [0.25, 0.3) is 10.9 Å². The molecule has 0 saturated heterocycles. The second kappa shape index (κ2) is 3.57. The van der Waals surface area contributed by atoms with E-state index in [1.165, 1.54) is 0 Å². The maximum absolute atomic E-state index is 9.73. The SMILES string of the molecule is Oc1c(Cl)c(Br)nc2cccc(Cl)c12. The van der Waals surface area contributed by atoms with Crippen LogP contribution in [-0.4, -0.2) is 10.1 Å². The first-order valence-electron chi connectivity index (χ1n) is 3.73. The number of aromatic nitrogens is 1. The van der Waals surface area contributed by atoms with Gasteiger partial charge in [-0.1, -0.05) is 29.3 Å². The largest absolute Gasteiger partial charge is 0.506 e. The lowest BCUT2D eigenvalue weighted by Gasteiger charge is -2.05. The van der Waals surface area contributed by atoms with Crippen molar-refractivity contribution in [3.05, 3.63) is 32.8 Å². The third-order valence-electron chi connectivity index (χ3n) is 1.84. The molecule has 0 amide bonds. The number of benzene rings is 1. The summed E-state index contributed by atoms with van der Waals surface area (Å²) in [5.74, 6) is -0.0471. The lowest BCUT2D eigenvalue weighted by atomic mass is 10.2. The van der Waals surface area contributed by atoms with Crippen molar-refractivity contribution in [3.8, 4) is 5.75 Å². The molecule has 5 heteroatoms. The molecule has 0 aliphatic heterocycles. The molecule has 1 N–H and O–H groups in total. The molecule has 0 saturated carbocycles. The maximum atomic E-state index is 9.73. The van der Waals surface area contributed by atoms with E-state index in [0.29, 0.717) is 20.5 Å². The van der Waals surface area contributed by atoms with E-state index in [2.05, 4.69) is 20.9 Å². The summed E-state index contributed by atoms with van der Waals surface area (Å²) in [7, 11) is 0. The first-order chi connectivity index (χ1) is 6.61. The van der Waals surface area contributed by atoms with Gasteiger partial charge in [0.2, 0.25) is 0 Å². The van der Waals surface area contributed by atoms with E-state index >= 15 is 0 Å². The zero-order valence-electron chi connectivity index (χ0n) is 6.76. The van der Waals surface area contributed by atoms with Gasteiger partial charge in [-0.05, 0) is 28.1 Å². The van der Waals surface area contributed by atoms with Crippen LogP contribution in [0, 0.1) is 0 Å². The monoisotopic (exact) mass is 291 g/mol. The highest BCUT2D eigenvalue weighted by Crippen LogP contribution is 2.39. The first-order valence-corrected chi connectivity index (χ1v) is 5.28. The van der Waals surface area contributed by atoms with E-state index in [0.717, 1.165) is 0 Å². The van der Waals surface area contributed by atoms with Crippen LogP contribution in [0.4, 0.5) is 0 Å². The fraction of sp³-hybridized carbons (Fsp3) is 0. The van der Waals surface area contributed by atoms with Crippen molar-refractivity contribution in [2.75, 3.05) is 0 Å². The highest BCUT2D eigenvalue weighted by Gasteiger charge is 2.12. The quantitative estimate of drug-likeness (QED) is 0.744. The zero-order chi connectivity index (χ0) is 10.3. The fourth-order valence-electron chi connectivity index (χ4n) is 1.20. The molecule has 1 aromatic heterocycles. The number of halogens is 3. The number of hydrogen-bond donors (Lipinski definition) is 1. The highest BCUT2D eigenvalue weighted by molar-refractivity contribution is 9.10. The Morgan fingerprint density at radius 3 is 2.71 bits per heavy atom. The van der Waals surface area contributed by atoms with Gasteiger partial charge in [-0.25, -0.2) is 4.98 Å². The molecule has 0 aliphatic carbocycles. The summed E-state index contributed by atoms with van der Waals surface area (Å²) < 4.78 is 0.409. The molecule has 0 unspecified atom stereocenters. The summed E-state index contributed by atoms with van der Waals surface area (Å²) in [6.07, 6.45) is 0. The highest BCUT2D eigenvalue weighted by atomic mass is 79.9. The molecule has 0 radical (unpaired) electrons. The van der Waals surface area contributed by atoms with Gasteiger partial charge in [0.15, 0.2) is 0 Å². The number of aromatic hydroxyl groups is 1. The van der Waals surface area contributed by atoms with E-state index in [9.17, 15) is 5.11 Å². The van der Waals surface area contributed by atoms with Crippen LogP contribution in [0.5, 0.6) is 5.75 Å². The van der Waals surface area contributed by atoms with Gasteiger partial charge in [-0.15, -0.1) is 0 Å². The number of pyridine rings is 1. The van der Waals surface area contributed by atoms with Gasteiger partial charge in [0.25, 0.3) is 0 Å². The van der Waals surface area contributed by atoms with Crippen molar-refractivity contribution in [1.29, 1.82) is 0 Å². The van der Waals surface area contributed by atoms with Gasteiger partial charge in [-0.2, -0.15) is 0 Å². The van der Waals surface area contributed by atoms with Crippen molar-refractivity contribution in [3.63, 3.8) is 0 Å².